The zero-order chi connectivity index (χ0) is 19.3. The Hall–Kier alpha value is -2.66. The van der Waals surface area contributed by atoms with Crippen LogP contribution in [0.1, 0.15) is 36.3 Å². The first kappa shape index (κ1) is 19.1. The number of benzene rings is 1. The minimum absolute atomic E-state index is 0.134. The molecule has 2 aromatic rings. The lowest BCUT2D eigenvalue weighted by molar-refractivity contribution is -0.132. The highest BCUT2D eigenvalue weighted by atomic mass is 32.1. The quantitative estimate of drug-likeness (QED) is 0.601. The molecule has 0 radical (unpaired) electrons. The third-order valence-electron chi connectivity index (χ3n) is 4.36. The number of hydrogen-bond acceptors (Lipinski definition) is 5. The molecule has 27 heavy (non-hydrogen) atoms. The molecule has 0 spiro atoms. The lowest BCUT2D eigenvalue weighted by Gasteiger charge is -2.23. The minimum atomic E-state index is -0.676. The van der Waals surface area contributed by atoms with Crippen LogP contribution >= 0.6 is 11.3 Å². The molecule has 0 aliphatic carbocycles. The zero-order valence-electron chi connectivity index (χ0n) is 14.6. The molecule has 0 saturated carbocycles. The van der Waals surface area contributed by atoms with E-state index in [2.05, 4.69) is 21.1 Å². The summed E-state index contributed by atoms with van der Waals surface area (Å²) in [5.41, 5.74) is -0.705. The smallest absolute Gasteiger partial charge is 0.223 e. The van der Waals surface area contributed by atoms with E-state index >= 15 is 0 Å². The number of halogens is 2. The molecule has 140 valence electrons. The summed E-state index contributed by atoms with van der Waals surface area (Å²) in [5.74, 6) is 0.960. The second-order valence-electron chi connectivity index (χ2n) is 6.26. The van der Waals surface area contributed by atoms with Crippen LogP contribution in [0.4, 0.5) is 8.78 Å². The van der Waals surface area contributed by atoms with Gasteiger partial charge in [-0.15, -0.1) is 23.7 Å². The molecule has 0 atom stereocenters. The highest BCUT2D eigenvalue weighted by molar-refractivity contribution is 7.09. The van der Waals surface area contributed by atoms with Crippen LogP contribution in [0.3, 0.4) is 0 Å². The van der Waals surface area contributed by atoms with Gasteiger partial charge in [0.25, 0.3) is 0 Å². The van der Waals surface area contributed by atoms with Gasteiger partial charge >= 0.3 is 0 Å². The topological polar surface area (TPSA) is 57.9 Å². The summed E-state index contributed by atoms with van der Waals surface area (Å²) >= 11 is 1.38. The van der Waals surface area contributed by atoms with E-state index in [4.69, 9.17) is 6.42 Å². The number of amides is 1. The maximum atomic E-state index is 14.0. The van der Waals surface area contributed by atoms with E-state index in [1.54, 1.807) is 11.6 Å². The van der Waals surface area contributed by atoms with E-state index in [1.165, 1.54) is 34.4 Å². The Balaban J connectivity index is 1.70. The lowest BCUT2D eigenvalue weighted by Crippen LogP contribution is -2.31. The number of aromatic nitrogens is 1. The molecule has 3 rings (SSSR count). The molecule has 8 heteroatoms. The molecule has 0 unspecified atom stereocenters. The van der Waals surface area contributed by atoms with E-state index in [1.807, 2.05) is 0 Å². The average molecular weight is 388 g/mol. The fraction of sp³-hybridized carbons (Fsp3) is 0.368. The van der Waals surface area contributed by atoms with Gasteiger partial charge in [-0.25, -0.2) is 13.8 Å². The summed E-state index contributed by atoms with van der Waals surface area (Å²) in [5, 5.41) is 10.5. The van der Waals surface area contributed by atoms with Gasteiger partial charge < -0.3 is 4.90 Å². The Kier molecular flexibility index (Phi) is 5.91. The van der Waals surface area contributed by atoms with Crippen LogP contribution < -0.4 is 0 Å². The number of nitrogens with zero attached hydrogens (tertiary/aromatic N) is 4. The Morgan fingerprint density at radius 2 is 1.96 bits per heavy atom. The van der Waals surface area contributed by atoms with Gasteiger partial charge in [0.1, 0.15) is 16.6 Å². The third-order valence-corrected chi connectivity index (χ3v) is 5.13. The molecule has 0 N–H and O–H groups in total. The van der Waals surface area contributed by atoms with Crippen LogP contribution in [-0.2, 0) is 17.9 Å². The lowest BCUT2D eigenvalue weighted by atomic mass is 10.0. The summed E-state index contributed by atoms with van der Waals surface area (Å²) in [6.07, 6.45) is 8.63. The van der Waals surface area contributed by atoms with Crippen LogP contribution in [-0.4, -0.2) is 21.5 Å². The largest absolute Gasteiger partial charge is 0.331 e. The molecule has 1 aromatic heterocycles. The van der Waals surface area contributed by atoms with Crippen molar-refractivity contribution < 1.29 is 13.6 Å². The van der Waals surface area contributed by atoms with Gasteiger partial charge in [-0.1, -0.05) is 6.07 Å². The second-order valence-corrected chi connectivity index (χ2v) is 7.24. The third kappa shape index (κ3) is 4.95. The van der Waals surface area contributed by atoms with Crippen LogP contribution in [0.15, 0.2) is 40.0 Å². The van der Waals surface area contributed by atoms with Gasteiger partial charge in [-0.3, -0.25) is 4.79 Å². The van der Waals surface area contributed by atoms with Crippen molar-refractivity contribution in [2.75, 3.05) is 0 Å². The molecule has 1 aliphatic rings. The molecular formula is C19H18F2N4OS. The Labute approximate surface area is 160 Å². The highest BCUT2D eigenvalue weighted by Gasteiger charge is 2.39. The summed E-state index contributed by atoms with van der Waals surface area (Å²) in [7, 11) is 0. The Bertz CT molecular complexity index is 850. The van der Waals surface area contributed by atoms with Crippen LogP contribution in [0.2, 0.25) is 0 Å². The normalized spacial score (nSPS) is 14.0. The van der Waals surface area contributed by atoms with E-state index in [-0.39, 0.29) is 31.0 Å². The number of thiazole rings is 1. The van der Waals surface area contributed by atoms with Gasteiger partial charge in [0.05, 0.1) is 13.1 Å². The molecule has 0 bridgehead atoms. The van der Waals surface area contributed by atoms with Gasteiger partial charge in [0.2, 0.25) is 5.91 Å². The number of rotatable bonds is 9. The van der Waals surface area contributed by atoms with Crippen LogP contribution in [0.5, 0.6) is 0 Å². The molecular weight excluding hydrogens is 370 g/mol. The van der Waals surface area contributed by atoms with E-state index < -0.39 is 17.3 Å². The van der Waals surface area contributed by atoms with Crippen molar-refractivity contribution in [2.24, 2.45) is 10.2 Å². The molecule has 1 aromatic carbocycles. The van der Waals surface area contributed by atoms with Crippen molar-refractivity contribution in [3.8, 4) is 12.3 Å². The summed E-state index contributed by atoms with van der Waals surface area (Å²) < 4.78 is 28.1. The van der Waals surface area contributed by atoms with Crippen LogP contribution in [0, 0.1) is 24.0 Å². The van der Waals surface area contributed by atoms with Crippen molar-refractivity contribution in [3.05, 3.63) is 52.0 Å². The number of carbonyl (C=O) groups is 1. The average Bonchev–Trinajstić information content (AvgIpc) is 3.24. The zero-order valence-corrected chi connectivity index (χ0v) is 15.4. The van der Waals surface area contributed by atoms with E-state index in [0.717, 1.165) is 0 Å². The summed E-state index contributed by atoms with van der Waals surface area (Å²) in [6.45, 7) is 0.0263. The molecule has 0 saturated heterocycles. The number of carbonyl (C=O) groups excluding carboxylic acids is 1. The maximum Gasteiger partial charge on any atom is 0.223 e. The standard InChI is InChI=1S/C19H18F2N4OS/c1-2-3-8-19(23-24-19)9-7-18(26)25(13-17-22-10-11-27-17)12-14-15(20)5-4-6-16(14)21/h1,4-6,10-11H,3,7-9,12-13H2. The predicted octanol–water partition coefficient (Wildman–Crippen LogP) is 4.31. The Morgan fingerprint density at radius 3 is 2.56 bits per heavy atom. The number of hydrogen-bond donors (Lipinski definition) is 0. The van der Waals surface area contributed by atoms with Crippen molar-refractivity contribution in [3.63, 3.8) is 0 Å². The molecule has 5 nitrogen and oxygen atoms in total. The minimum Gasteiger partial charge on any atom is -0.331 e. The molecule has 1 amide bonds. The first-order valence-electron chi connectivity index (χ1n) is 8.49. The van der Waals surface area contributed by atoms with Gasteiger partial charge in [-0.05, 0) is 12.1 Å². The molecule has 1 aliphatic heterocycles. The van der Waals surface area contributed by atoms with Gasteiger partial charge in [0, 0.05) is 42.8 Å². The van der Waals surface area contributed by atoms with Crippen molar-refractivity contribution in [1.82, 2.24) is 9.88 Å². The Morgan fingerprint density at radius 1 is 1.22 bits per heavy atom. The van der Waals surface area contributed by atoms with Crippen LogP contribution in [0.25, 0.3) is 0 Å². The van der Waals surface area contributed by atoms with Crippen molar-refractivity contribution in [1.29, 1.82) is 0 Å². The van der Waals surface area contributed by atoms with Crippen molar-refractivity contribution >= 4 is 17.2 Å². The first-order valence-corrected chi connectivity index (χ1v) is 9.37. The van der Waals surface area contributed by atoms with Crippen molar-refractivity contribution in [2.45, 2.75) is 44.4 Å². The van der Waals surface area contributed by atoms with Gasteiger partial charge in [0.15, 0.2) is 5.66 Å². The second kappa shape index (κ2) is 8.35. The summed E-state index contributed by atoms with van der Waals surface area (Å²) in [6, 6.07) is 3.66. The highest BCUT2D eigenvalue weighted by Crippen LogP contribution is 2.37. The maximum absolute atomic E-state index is 14.0. The number of terminal acetylenes is 1. The SMILES string of the molecule is C#CCCC1(CCC(=O)N(Cc2nccs2)Cc2c(F)cccc2F)N=N1. The van der Waals surface area contributed by atoms with E-state index in [9.17, 15) is 13.6 Å². The fourth-order valence-corrected chi connectivity index (χ4v) is 3.37. The monoisotopic (exact) mass is 388 g/mol. The summed E-state index contributed by atoms with van der Waals surface area (Å²) in [4.78, 5) is 18.4. The van der Waals surface area contributed by atoms with Gasteiger partial charge in [-0.2, -0.15) is 10.2 Å². The first-order chi connectivity index (χ1) is 13.0. The van der Waals surface area contributed by atoms with E-state index in [0.29, 0.717) is 24.3 Å². The molecule has 0 fully saturated rings. The molecule has 2 heterocycles. The fourth-order valence-electron chi connectivity index (χ4n) is 2.73. The predicted molar refractivity (Wildman–Crippen MR) is 97.6 cm³/mol.